The number of hydrogen-bond acceptors (Lipinski definition) is 3. The molecule has 4 rings (SSSR count). The molecule has 0 N–H and O–H groups in total. The van der Waals surface area contributed by atoms with E-state index in [1.807, 2.05) is 48.5 Å². The summed E-state index contributed by atoms with van der Waals surface area (Å²) in [7, 11) is 0. The molecule has 3 nitrogen and oxygen atoms in total. The van der Waals surface area contributed by atoms with Crippen LogP contribution in [0.25, 0.3) is 22.0 Å². The van der Waals surface area contributed by atoms with Gasteiger partial charge in [0.15, 0.2) is 0 Å². The summed E-state index contributed by atoms with van der Waals surface area (Å²) in [6.45, 7) is 6.21. The molecule has 0 fully saturated rings. The molecule has 128 valence electrons. The van der Waals surface area contributed by atoms with Crippen LogP contribution in [0.4, 0.5) is 0 Å². The Kier molecular flexibility index (Phi) is 4.13. The molecule has 0 saturated heterocycles. The summed E-state index contributed by atoms with van der Waals surface area (Å²) in [5.74, 6) is 1.39. The van der Waals surface area contributed by atoms with Gasteiger partial charge in [-0.25, -0.2) is 0 Å². The monoisotopic (exact) mass is 340 g/mol. The van der Waals surface area contributed by atoms with Crippen molar-refractivity contribution in [3.8, 4) is 22.9 Å². The summed E-state index contributed by atoms with van der Waals surface area (Å²) in [4.78, 5) is 0. The van der Waals surface area contributed by atoms with Crippen molar-refractivity contribution in [2.75, 3.05) is 0 Å². The Morgan fingerprint density at radius 3 is 2.00 bits per heavy atom. The highest BCUT2D eigenvalue weighted by Crippen LogP contribution is 2.35. The van der Waals surface area contributed by atoms with Gasteiger partial charge in [0.1, 0.15) is 11.4 Å². The molecular weight excluding hydrogens is 320 g/mol. The first-order chi connectivity index (χ1) is 12.6. The van der Waals surface area contributed by atoms with E-state index in [1.54, 1.807) is 0 Å². The molecule has 4 aromatic rings. The van der Waals surface area contributed by atoms with E-state index in [-0.39, 0.29) is 0 Å². The molecule has 0 unspecified atom stereocenters. The molecule has 0 aliphatic rings. The largest absolute Gasteiger partial charge is 0.436 e. The van der Waals surface area contributed by atoms with E-state index in [0.29, 0.717) is 5.88 Å². The lowest BCUT2D eigenvalue weighted by Gasteiger charge is -2.14. The maximum Gasteiger partial charge on any atom is 0.246 e. The second-order valence-corrected chi connectivity index (χ2v) is 6.60. The van der Waals surface area contributed by atoms with E-state index in [1.165, 1.54) is 5.56 Å². The van der Waals surface area contributed by atoms with Crippen LogP contribution < -0.4 is 4.74 Å². The Hall–Kier alpha value is -3.20. The summed E-state index contributed by atoms with van der Waals surface area (Å²) in [5.41, 5.74) is 5.33. The second-order valence-electron chi connectivity index (χ2n) is 6.60. The van der Waals surface area contributed by atoms with Crippen LogP contribution in [0.2, 0.25) is 0 Å². The van der Waals surface area contributed by atoms with E-state index in [0.717, 1.165) is 38.9 Å². The average Bonchev–Trinajstić information content (AvgIpc) is 2.65. The molecule has 26 heavy (non-hydrogen) atoms. The number of hydrogen-bond donors (Lipinski definition) is 0. The highest BCUT2D eigenvalue weighted by atomic mass is 16.5. The fourth-order valence-corrected chi connectivity index (χ4v) is 3.39. The van der Waals surface area contributed by atoms with Gasteiger partial charge in [0.2, 0.25) is 5.88 Å². The van der Waals surface area contributed by atoms with Crippen LogP contribution in [0.3, 0.4) is 0 Å². The molecule has 0 atom stereocenters. The van der Waals surface area contributed by atoms with Crippen LogP contribution in [0.5, 0.6) is 11.6 Å². The normalized spacial score (nSPS) is 10.9. The Morgan fingerprint density at radius 1 is 0.692 bits per heavy atom. The van der Waals surface area contributed by atoms with Crippen molar-refractivity contribution in [3.63, 3.8) is 0 Å². The standard InChI is InChI=1S/C23H20N2O/c1-15-13-16(2)22(17(3)14-15)26-23-20-12-8-7-11-19(20)21(24-25-23)18-9-5-4-6-10-18/h4-14H,1-3H3. The van der Waals surface area contributed by atoms with E-state index in [9.17, 15) is 0 Å². The average molecular weight is 340 g/mol. The Balaban J connectivity index is 1.86. The first-order valence-electron chi connectivity index (χ1n) is 8.70. The van der Waals surface area contributed by atoms with Crippen molar-refractivity contribution in [3.05, 3.63) is 83.4 Å². The summed E-state index contributed by atoms with van der Waals surface area (Å²) in [5, 5.41) is 10.9. The molecule has 0 amide bonds. The number of benzene rings is 3. The van der Waals surface area contributed by atoms with E-state index < -0.39 is 0 Å². The number of aromatic nitrogens is 2. The molecule has 0 aliphatic carbocycles. The van der Waals surface area contributed by atoms with Gasteiger partial charge in [-0.15, -0.1) is 10.2 Å². The molecule has 0 radical (unpaired) electrons. The Labute approximate surface area is 153 Å². The van der Waals surface area contributed by atoms with Crippen LogP contribution in [-0.2, 0) is 0 Å². The van der Waals surface area contributed by atoms with E-state index in [2.05, 4.69) is 49.2 Å². The van der Waals surface area contributed by atoms with Gasteiger partial charge in [-0.2, -0.15) is 0 Å². The van der Waals surface area contributed by atoms with Crippen LogP contribution >= 0.6 is 0 Å². The van der Waals surface area contributed by atoms with Crippen molar-refractivity contribution in [1.82, 2.24) is 10.2 Å². The highest BCUT2D eigenvalue weighted by Gasteiger charge is 2.14. The van der Waals surface area contributed by atoms with Gasteiger partial charge in [0.25, 0.3) is 0 Å². The first kappa shape index (κ1) is 16.3. The molecule has 3 heteroatoms. The number of rotatable bonds is 3. The van der Waals surface area contributed by atoms with Crippen LogP contribution in [0.15, 0.2) is 66.7 Å². The lowest BCUT2D eigenvalue weighted by molar-refractivity contribution is 0.455. The number of fused-ring (bicyclic) bond motifs is 1. The second kappa shape index (κ2) is 6.60. The zero-order valence-corrected chi connectivity index (χ0v) is 15.2. The van der Waals surface area contributed by atoms with Gasteiger partial charge in [-0.05, 0) is 38.0 Å². The van der Waals surface area contributed by atoms with E-state index in [4.69, 9.17) is 4.74 Å². The smallest absolute Gasteiger partial charge is 0.246 e. The van der Waals surface area contributed by atoms with Gasteiger partial charge in [-0.3, -0.25) is 0 Å². The van der Waals surface area contributed by atoms with Crippen LogP contribution in [0, 0.1) is 20.8 Å². The SMILES string of the molecule is Cc1cc(C)c(Oc2nnc(-c3ccccc3)c3ccccc23)c(C)c1. The summed E-state index contributed by atoms with van der Waals surface area (Å²) in [6.07, 6.45) is 0. The highest BCUT2D eigenvalue weighted by molar-refractivity contribution is 5.97. The van der Waals surface area contributed by atoms with Gasteiger partial charge in [0.05, 0.1) is 0 Å². The Morgan fingerprint density at radius 2 is 1.31 bits per heavy atom. The third-order valence-electron chi connectivity index (χ3n) is 4.50. The molecule has 0 aliphatic heterocycles. The minimum atomic E-state index is 0.537. The fraction of sp³-hybridized carbons (Fsp3) is 0.130. The minimum Gasteiger partial charge on any atom is -0.436 e. The van der Waals surface area contributed by atoms with E-state index >= 15 is 0 Å². The quantitative estimate of drug-likeness (QED) is 0.458. The lowest BCUT2D eigenvalue weighted by Crippen LogP contribution is -1.98. The lowest BCUT2D eigenvalue weighted by atomic mass is 10.0. The van der Waals surface area contributed by atoms with Crippen molar-refractivity contribution in [1.29, 1.82) is 0 Å². The molecule has 0 bridgehead atoms. The third-order valence-corrected chi connectivity index (χ3v) is 4.50. The molecule has 3 aromatic carbocycles. The predicted octanol–water partition coefficient (Wildman–Crippen LogP) is 6.01. The van der Waals surface area contributed by atoms with Gasteiger partial charge < -0.3 is 4.74 Å². The number of aryl methyl sites for hydroxylation is 3. The topological polar surface area (TPSA) is 35.0 Å². The van der Waals surface area contributed by atoms with Crippen molar-refractivity contribution < 1.29 is 4.74 Å². The van der Waals surface area contributed by atoms with Crippen molar-refractivity contribution >= 4 is 10.8 Å². The van der Waals surface area contributed by atoms with Crippen LogP contribution in [-0.4, -0.2) is 10.2 Å². The zero-order chi connectivity index (χ0) is 18.1. The summed E-state index contributed by atoms with van der Waals surface area (Å²) >= 11 is 0. The van der Waals surface area contributed by atoms with Gasteiger partial charge in [-0.1, -0.05) is 66.2 Å². The van der Waals surface area contributed by atoms with Crippen molar-refractivity contribution in [2.24, 2.45) is 0 Å². The Bertz CT molecular complexity index is 1060. The number of nitrogens with zero attached hydrogens (tertiary/aromatic N) is 2. The molecular formula is C23H20N2O. The predicted molar refractivity (Wildman–Crippen MR) is 106 cm³/mol. The first-order valence-corrected chi connectivity index (χ1v) is 8.70. The van der Waals surface area contributed by atoms with Gasteiger partial charge >= 0.3 is 0 Å². The fourth-order valence-electron chi connectivity index (χ4n) is 3.39. The van der Waals surface area contributed by atoms with Gasteiger partial charge in [0, 0.05) is 16.3 Å². The molecule has 1 heterocycles. The van der Waals surface area contributed by atoms with Crippen molar-refractivity contribution in [2.45, 2.75) is 20.8 Å². The van der Waals surface area contributed by atoms with Crippen LogP contribution in [0.1, 0.15) is 16.7 Å². The summed E-state index contributed by atoms with van der Waals surface area (Å²) < 4.78 is 6.23. The zero-order valence-electron chi connectivity index (χ0n) is 15.2. The minimum absolute atomic E-state index is 0.537. The molecule has 0 saturated carbocycles. The maximum absolute atomic E-state index is 6.23. The molecule has 1 aromatic heterocycles. The third kappa shape index (κ3) is 2.92. The molecule has 0 spiro atoms. The number of ether oxygens (including phenoxy) is 1. The maximum atomic E-state index is 6.23. The summed E-state index contributed by atoms with van der Waals surface area (Å²) in [6, 6.07) is 22.5.